The lowest BCUT2D eigenvalue weighted by Crippen LogP contribution is -2.55. The number of carbonyl (C=O) groups excluding carboxylic acids is 2. The van der Waals surface area contributed by atoms with Crippen LogP contribution in [-0.2, 0) is 26.2 Å². The van der Waals surface area contributed by atoms with Gasteiger partial charge in [-0.3, -0.25) is 13.9 Å². The molecule has 3 aromatic rings. The molecule has 3 rings (SSSR count). The number of rotatable bonds is 9. The molecule has 9 heteroatoms. The van der Waals surface area contributed by atoms with E-state index in [0.717, 1.165) is 21.5 Å². The minimum absolute atomic E-state index is 0.124. The van der Waals surface area contributed by atoms with Crippen LogP contribution in [0.2, 0.25) is 5.02 Å². The van der Waals surface area contributed by atoms with E-state index in [1.165, 1.54) is 4.90 Å². The van der Waals surface area contributed by atoms with Gasteiger partial charge in [0.2, 0.25) is 21.8 Å². The van der Waals surface area contributed by atoms with Gasteiger partial charge in [0, 0.05) is 22.5 Å². The number of anilines is 1. The minimum atomic E-state index is -3.83. The molecule has 37 heavy (non-hydrogen) atoms. The maximum atomic E-state index is 13.9. The van der Waals surface area contributed by atoms with Crippen molar-refractivity contribution in [2.24, 2.45) is 0 Å². The Kier molecular flexibility index (Phi) is 8.87. The predicted octanol–water partition coefficient (Wildman–Crippen LogP) is 4.98. The summed E-state index contributed by atoms with van der Waals surface area (Å²) in [4.78, 5) is 28.6. The first-order chi connectivity index (χ1) is 17.3. The van der Waals surface area contributed by atoms with Crippen LogP contribution in [0.25, 0.3) is 10.8 Å². The van der Waals surface area contributed by atoms with E-state index < -0.39 is 34.1 Å². The van der Waals surface area contributed by atoms with Gasteiger partial charge in [-0.15, -0.1) is 0 Å². The first-order valence-corrected chi connectivity index (χ1v) is 14.3. The Labute approximate surface area is 224 Å². The van der Waals surface area contributed by atoms with Crippen LogP contribution in [0.5, 0.6) is 0 Å². The Balaban J connectivity index is 2.03. The molecule has 0 spiro atoms. The number of halogens is 1. The second-order valence-electron chi connectivity index (χ2n) is 10.1. The van der Waals surface area contributed by atoms with Crippen molar-refractivity contribution in [3.05, 3.63) is 77.3 Å². The lowest BCUT2D eigenvalue weighted by Gasteiger charge is -2.34. The second-order valence-corrected chi connectivity index (χ2v) is 12.4. The molecular formula is C28H34ClN3O4S. The van der Waals surface area contributed by atoms with Crippen molar-refractivity contribution in [2.45, 2.75) is 52.2 Å². The van der Waals surface area contributed by atoms with Gasteiger partial charge in [0.1, 0.15) is 12.6 Å². The Morgan fingerprint density at radius 2 is 1.59 bits per heavy atom. The van der Waals surface area contributed by atoms with Crippen molar-refractivity contribution in [1.29, 1.82) is 0 Å². The van der Waals surface area contributed by atoms with Crippen LogP contribution in [0.15, 0.2) is 66.7 Å². The Bertz CT molecular complexity index is 1360. The Morgan fingerprint density at radius 1 is 0.973 bits per heavy atom. The molecule has 0 saturated heterocycles. The number of nitrogens with zero attached hydrogens (tertiary/aromatic N) is 2. The van der Waals surface area contributed by atoms with Crippen molar-refractivity contribution >= 4 is 49.9 Å². The van der Waals surface area contributed by atoms with Crippen molar-refractivity contribution in [2.75, 3.05) is 17.1 Å². The number of amides is 2. The molecule has 2 amide bonds. The molecule has 1 N–H and O–H groups in total. The first-order valence-electron chi connectivity index (χ1n) is 12.1. The second kappa shape index (κ2) is 11.5. The molecule has 7 nitrogen and oxygen atoms in total. The van der Waals surface area contributed by atoms with E-state index in [1.54, 1.807) is 36.4 Å². The third-order valence-corrected chi connectivity index (χ3v) is 7.24. The van der Waals surface area contributed by atoms with Gasteiger partial charge in [-0.2, -0.15) is 0 Å². The SMILES string of the molecule is CCC(C(=O)NC(C)(C)C)N(Cc1ccc(Cl)cc1)C(=O)CN(c1cccc2ccccc12)S(C)(=O)=O. The smallest absolute Gasteiger partial charge is 0.244 e. The number of hydrogen-bond donors (Lipinski definition) is 1. The van der Waals surface area contributed by atoms with Crippen LogP contribution in [0, 0.1) is 0 Å². The average molecular weight is 544 g/mol. The van der Waals surface area contributed by atoms with Gasteiger partial charge < -0.3 is 10.2 Å². The summed E-state index contributed by atoms with van der Waals surface area (Å²) >= 11 is 6.04. The van der Waals surface area contributed by atoms with E-state index in [0.29, 0.717) is 22.5 Å². The van der Waals surface area contributed by atoms with Crippen molar-refractivity contribution < 1.29 is 18.0 Å². The van der Waals surface area contributed by atoms with Crippen LogP contribution in [0.4, 0.5) is 5.69 Å². The number of benzene rings is 3. The Hall–Kier alpha value is -3.10. The molecule has 1 unspecified atom stereocenters. The lowest BCUT2D eigenvalue weighted by molar-refractivity contribution is -0.141. The standard InChI is InChI=1S/C28H34ClN3O4S/c1-6-24(27(34)30-28(2,3)4)31(18-20-14-16-22(29)17-15-20)26(33)19-32(37(5,35)36)25-13-9-11-21-10-7-8-12-23(21)25/h7-17,24H,6,18-19H2,1-5H3,(H,30,34). The molecule has 198 valence electrons. The zero-order valence-electron chi connectivity index (χ0n) is 21.9. The highest BCUT2D eigenvalue weighted by Crippen LogP contribution is 2.29. The number of carbonyl (C=O) groups is 2. The van der Waals surface area contributed by atoms with Gasteiger partial charge in [0.25, 0.3) is 0 Å². The molecule has 1 atom stereocenters. The fraction of sp³-hybridized carbons (Fsp3) is 0.357. The molecule has 0 heterocycles. The van der Waals surface area contributed by atoms with Gasteiger partial charge in [-0.1, -0.05) is 67.1 Å². The lowest BCUT2D eigenvalue weighted by atomic mass is 10.1. The zero-order valence-corrected chi connectivity index (χ0v) is 23.4. The predicted molar refractivity (Wildman–Crippen MR) is 150 cm³/mol. The highest BCUT2D eigenvalue weighted by molar-refractivity contribution is 7.92. The van der Waals surface area contributed by atoms with Gasteiger partial charge >= 0.3 is 0 Å². The molecule has 3 aromatic carbocycles. The van der Waals surface area contributed by atoms with E-state index in [-0.39, 0.29) is 12.5 Å². The fourth-order valence-electron chi connectivity index (χ4n) is 4.18. The van der Waals surface area contributed by atoms with Crippen LogP contribution in [-0.4, -0.2) is 49.5 Å². The highest BCUT2D eigenvalue weighted by Gasteiger charge is 2.33. The van der Waals surface area contributed by atoms with E-state index in [2.05, 4.69) is 5.32 Å². The summed E-state index contributed by atoms with van der Waals surface area (Å²) in [6.07, 6.45) is 1.43. The molecular weight excluding hydrogens is 510 g/mol. The number of hydrogen-bond acceptors (Lipinski definition) is 4. The summed E-state index contributed by atoms with van der Waals surface area (Å²) < 4.78 is 27.0. The number of sulfonamides is 1. The third-order valence-electron chi connectivity index (χ3n) is 5.86. The summed E-state index contributed by atoms with van der Waals surface area (Å²) in [6, 6.07) is 19.0. The fourth-order valence-corrected chi connectivity index (χ4v) is 5.17. The molecule has 0 aromatic heterocycles. The topological polar surface area (TPSA) is 86.8 Å². The van der Waals surface area contributed by atoms with Crippen LogP contribution in [0.1, 0.15) is 39.7 Å². The summed E-state index contributed by atoms with van der Waals surface area (Å²) in [7, 11) is -3.83. The monoisotopic (exact) mass is 543 g/mol. The van der Waals surface area contributed by atoms with Gasteiger partial charge in [-0.05, 0) is 56.3 Å². The third kappa shape index (κ3) is 7.46. The zero-order chi connectivity index (χ0) is 27.4. The highest BCUT2D eigenvalue weighted by atomic mass is 35.5. The summed E-state index contributed by atoms with van der Waals surface area (Å²) in [6.45, 7) is 7.12. The number of fused-ring (bicyclic) bond motifs is 1. The molecule has 0 saturated carbocycles. The first kappa shape index (κ1) is 28.5. The number of nitrogens with one attached hydrogen (secondary N) is 1. The summed E-state index contributed by atoms with van der Waals surface area (Å²) in [5.74, 6) is -0.780. The van der Waals surface area contributed by atoms with Crippen LogP contribution in [0.3, 0.4) is 0 Å². The summed E-state index contributed by atoms with van der Waals surface area (Å²) in [5.41, 5.74) is 0.685. The molecule has 0 aliphatic heterocycles. The van der Waals surface area contributed by atoms with Crippen molar-refractivity contribution in [3.8, 4) is 0 Å². The molecule has 0 fully saturated rings. The van der Waals surface area contributed by atoms with Crippen LogP contribution >= 0.6 is 11.6 Å². The average Bonchev–Trinajstić information content (AvgIpc) is 2.81. The van der Waals surface area contributed by atoms with E-state index in [4.69, 9.17) is 11.6 Å². The maximum absolute atomic E-state index is 13.9. The normalized spacial score (nSPS) is 12.7. The van der Waals surface area contributed by atoms with Crippen molar-refractivity contribution in [1.82, 2.24) is 10.2 Å². The van der Waals surface area contributed by atoms with Gasteiger partial charge in [0.15, 0.2) is 0 Å². The molecule has 0 aliphatic rings. The maximum Gasteiger partial charge on any atom is 0.244 e. The van der Waals surface area contributed by atoms with Crippen molar-refractivity contribution in [3.63, 3.8) is 0 Å². The van der Waals surface area contributed by atoms with Gasteiger partial charge in [0.05, 0.1) is 11.9 Å². The van der Waals surface area contributed by atoms with E-state index >= 15 is 0 Å². The van der Waals surface area contributed by atoms with Crippen LogP contribution < -0.4 is 9.62 Å². The van der Waals surface area contributed by atoms with Gasteiger partial charge in [-0.25, -0.2) is 8.42 Å². The molecule has 0 bridgehead atoms. The summed E-state index contributed by atoms with van der Waals surface area (Å²) in [5, 5.41) is 5.08. The minimum Gasteiger partial charge on any atom is -0.350 e. The Morgan fingerprint density at radius 3 is 2.19 bits per heavy atom. The van der Waals surface area contributed by atoms with E-state index in [1.807, 2.05) is 58.0 Å². The quantitative estimate of drug-likeness (QED) is 0.412. The molecule has 0 aliphatic carbocycles. The largest absolute Gasteiger partial charge is 0.350 e. The molecule has 0 radical (unpaired) electrons. The van der Waals surface area contributed by atoms with E-state index in [9.17, 15) is 18.0 Å².